The van der Waals surface area contributed by atoms with Gasteiger partial charge in [-0.2, -0.15) is 5.26 Å². The van der Waals surface area contributed by atoms with Crippen LogP contribution < -0.4 is 10.5 Å². The van der Waals surface area contributed by atoms with Crippen LogP contribution in [0.4, 0.5) is 5.82 Å². The van der Waals surface area contributed by atoms with Gasteiger partial charge in [0.2, 0.25) is 0 Å². The molecular formula is C31H36N4O4S2. The normalized spacial score (nSPS) is 18.2. The lowest BCUT2D eigenvalue weighted by Crippen LogP contribution is -2.43. The quantitative estimate of drug-likeness (QED) is 0.219. The van der Waals surface area contributed by atoms with E-state index < -0.39 is 0 Å². The number of esters is 1. The largest absolute Gasteiger partial charge is 0.466 e. The van der Waals surface area contributed by atoms with Gasteiger partial charge in [-0.05, 0) is 57.2 Å². The lowest BCUT2D eigenvalue weighted by molar-refractivity contribution is -0.148. The molecule has 3 heterocycles. The molecule has 2 aliphatic rings. The van der Waals surface area contributed by atoms with E-state index in [9.17, 15) is 19.6 Å². The molecule has 1 unspecified atom stereocenters. The van der Waals surface area contributed by atoms with Crippen LogP contribution in [-0.2, 0) is 27.4 Å². The zero-order valence-corrected chi connectivity index (χ0v) is 25.7. The van der Waals surface area contributed by atoms with Gasteiger partial charge in [0.25, 0.3) is 11.5 Å². The van der Waals surface area contributed by atoms with Crippen LogP contribution in [-0.4, -0.2) is 45.4 Å². The van der Waals surface area contributed by atoms with Crippen molar-refractivity contribution in [3.8, 4) is 6.07 Å². The molecule has 0 radical (unpaired) electrons. The van der Waals surface area contributed by atoms with Gasteiger partial charge < -0.3 is 9.64 Å². The molecule has 0 aliphatic carbocycles. The van der Waals surface area contributed by atoms with E-state index in [0.717, 1.165) is 30.4 Å². The first-order valence-corrected chi connectivity index (χ1v) is 15.3. The van der Waals surface area contributed by atoms with Crippen LogP contribution in [0.25, 0.3) is 6.08 Å². The van der Waals surface area contributed by atoms with E-state index in [0.29, 0.717) is 65.4 Å². The van der Waals surface area contributed by atoms with E-state index in [-0.39, 0.29) is 28.9 Å². The Labute approximate surface area is 251 Å². The zero-order valence-electron chi connectivity index (χ0n) is 24.1. The predicted molar refractivity (Wildman–Crippen MR) is 167 cm³/mol. The molecular weight excluding hydrogens is 556 g/mol. The monoisotopic (exact) mass is 592 g/mol. The Bertz CT molecular complexity index is 1470. The van der Waals surface area contributed by atoms with Crippen molar-refractivity contribution in [3.05, 3.63) is 67.3 Å². The van der Waals surface area contributed by atoms with Gasteiger partial charge in [0.05, 0.1) is 24.0 Å². The smallest absolute Gasteiger partial charge is 0.310 e. The van der Waals surface area contributed by atoms with Gasteiger partial charge in [0.1, 0.15) is 21.8 Å². The number of aryl methyl sites for hydroxylation is 1. The Morgan fingerprint density at radius 1 is 1.22 bits per heavy atom. The summed E-state index contributed by atoms with van der Waals surface area (Å²) >= 11 is 6.83. The highest BCUT2D eigenvalue weighted by Crippen LogP contribution is 2.37. The Balaban J connectivity index is 1.81. The molecule has 0 spiro atoms. The minimum absolute atomic E-state index is 0.0604. The van der Waals surface area contributed by atoms with Crippen molar-refractivity contribution in [3.63, 3.8) is 0 Å². The molecule has 2 saturated heterocycles. The average molecular weight is 593 g/mol. The number of rotatable bonds is 9. The summed E-state index contributed by atoms with van der Waals surface area (Å²) in [5.74, 6) is -0.143. The number of ether oxygens (including phenoxy) is 1. The van der Waals surface area contributed by atoms with E-state index >= 15 is 0 Å². The van der Waals surface area contributed by atoms with Crippen LogP contribution in [0.2, 0.25) is 0 Å². The maximum absolute atomic E-state index is 13.6. The first-order chi connectivity index (χ1) is 19.7. The van der Waals surface area contributed by atoms with Crippen molar-refractivity contribution in [2.24, 2.45) is 5.92 Å². The number of hydrogen-bond donors (Lipinski definition) is 0. The van der Waals surface area contributed by atoms with Gasteiger partial charge in [-0.1, -0.05) is 67.2 Å². The minimum atomic E-state index is -0.351. The Morgan fingerprint density at radius 2 is 1.95 bits per heavy atom. The average Bonchev–Trinajstić information content (AvgIpc) is 3.22. The fourth-order valence-electron chi connectivity index (χ4n) is 5.27. The maximum atomic E-state index is 13.6. The third kappa shape index (κ3) is 6.57. The van der Waals surface area contributed by atoms with Gasteiger partial charge in [0, 0.05) is 25.2 Å². The van der Waals surface area contributed by atoms with Crippen molar-refractivity contribution in [2.75, 3.05) is 24.6 Å². The number of aromatic nitrogens is 1. The molecule has 8 nitrogen and oxygen atoms in total. The fraction of sp³-hybridized carbons (Fsp3) is 0.452. The Kier molecular flexibility index (Phi) is 10.1. The number of thiocarbonyl (C=S) groups is 1. The maximum Gasteiger partial charge on any atom is 0.310 e. The van der Waals surface area contributed by atoms with Crippen LogP contribution in [0.3, 0.4) is 0 Å². The second kappa shape index (κ2) is 13.5. The van der Waals surface area contributed by atoms with Crippen LogP contribution >= 0.6 is 24.0 Å². The number of hydrogen-bond acceptors (Lipinski definition) is 8. The van der Waals surface area contributed by atoms with Gasteiger partial charge in [-0.3, -0.25) is 23.9 Å². The third-order valence-corrected chi connectivity index (χ3v) is 8.91. The highest BCUT2D eigenvalue weighted by Gasteiger charge is 2.35. The topological polar surface area (TPSA) is 95.6 Å². The molecule has 2 aromatic rings. The summed E-state index contributed by atoms with van der Waals surface area (Å²) in [4.78, 5) is 44.0. The van der Waals surface area contributed by atoms with Gasteiger partial charge in [-0.25, -0.2) is 0 Å². The van der Waals surface area contributed by atoms with Crippen LogP contribution in [0.1, 0.15) is 67.3 Å². The van der Waals surface area contributed by atoms with E-state index in [1.807, 2.05) is 38.1 Å². The molecule has 2 fully saturated rings. The lowest BCUT2D eigenvalue weighted by atomic mass is 9.96. The second-order valence-corrected chi connectivity index (χ2v) is 12.1. The fourth-order valence-corrected chi connectivity index (χ4v) is 6.51. The minimum Gasteiger partial charge on any atom is -0.466 e. The van der Waals surface area contributed by atoms with Gasteiger partial charge in [-0.15, -0.1) is 0 Å². The molecule has 10 heteroatoms. The number of anilines is 1. The molecule has 2 aliphatic heterocycles. The zero-order chi connectivity index (χ0) is 29.7. The summed E-state index contributed by atoms with van der Waals surface area (Å²) in [5, 5.41) is 9.97. The number of pyridine rings is 1. The summed E-state index contributed by atoms with van der Waals surface area (Å²) in [6.07, 6.45) is 4.84. The van der Waals surface area contributed by atoms with Gasteiger partial charge in [0.15, 0.2) is 0 Å². The van der Waals surface area contributed by atoms with Crippen LogP contribution in [0.15, 0.2) is 34.0 Å². The first kappa shape index (κ1) is 30.5. The summed E-state index contributed by atoms with van der Waals surface area (Å²) in [6, 6.07) is 10.1. The van der Waals surface area contributed by atoms with E-state index in [4.69, 9.17) is 17.0 Å². The van der Waals surface area contributed by atoms with Crippen molar-refractivity contribution in [1.82, 2.24) is 9.47 Å². The number of thioether (sulfide) groups is 1. The van der Waals surface area contributed by atoms with Crippen molar-refractivity contribution in [1.29, 1.82) is 5.26 Å². The number of carbonyl (C=O) groups is 2. The summed E-state index contributed by atoms with van der Waals surface area (Å²) in [5.41, 5.74) is 2.97. The number of carbonyl (C=O) groups excluding carboxylic acids is 2. The van der Waals surface area contributed by atoms with Crippen molar-refractivity contribution < 1.29 is 14.3 Å². The molecule has 1 aromatic heterocycles. The highest BCUT2D eigenvalue weighted by molar-refractivity contribution is 8.26. The van der Waals surface area contributed by atoms with E-state index in [2.05, 4.69) is 11.0 Å². The molecule has 41 heavy (non-hydrogen) atoms. The van der Waals surface area contributed by atoms with Gasteiger partial charge >= 0.3 is 5.97 Å². The van der Waals surface area contributed by atoms with Crippen LogP contribution in [0, 0.1) is 31.1 Å². The number of nitriles is 1. The number of nitrogens with zero attached hydrogens (tertiary/aromatic N) is 4. The van der Waals surface area contributed by atoms with E-state index in [1.165, 1.54) is 11.8 Å². The number of amides is 1. The standard InChI is InChI=1S/C31H36N4O4S2/c1-5-7-15-34-27(33-14-8-9-23(19-33)30(38)39-6-2)24(21(4)25(17-32)28(34)36)16-26-29(37)35(31(40)41-26)18-22-12-10-20(3)11-13-22/h10-13,16,23H,5-9,14-15,18-19H2,1-4H3/b26-16-. The SMILES string of the molecule is CCCCn1c(N2CCCC(C(=O)OCC)C2)c(/C=C2\SC(=S)N(Cc3ccc(C)cc3)C2=O)c(C)c(C#N)c1=O. The molecule has 1 aromatic carbocycles. The summed E-state index contributed by atoms with van der Waals surface area (Å²) in [7, 11) is 0. The molecule has 1 amide bonds. The summed E-state index contributed by atoms with van der Waals surface area (Å²) < 4.78 is 7.43. The molecule has 0 saturated carbocycles. The predicted octanol–water partition coefficient (Wildman–Crippen LogP) is 5.32. The molecule has 1 atom stereocenters. The number of piperidine rings is 1. The highest BCUT2D eigenvalue weighted by atomic mass is 32.2. The number of unbranched alkanes of at least 4 members (excludes halogenated alkanes) is 1. The lowest BCUT2D eigenvalue weighted by Gasteiger charge is -2.36. The van der Waals surface area contributed by atoms with Crippen molar-refractivity contribution >= 4 is 52.1 Å². The Morgan fingerprint density at radius 3 is 2.61 bits per heavy atom. The second-order valence-electron chi connectivity index (χ2n) is 10.5. The molecule has 0 bridgehead atoms. The number of benzene rings is 1. The van der Waals surface area contributed by atoms with E-state index in [1.54, 1.807) is 29.4 Å². The molecule has 0 N–H and O–H groups in total. The molecule has 4 rings (SSSR count). The molecule has 216 valence electrons. The van der Waals surface area contributed by atoms with Crippen molar-refractivity contribution in [2.45, 2.75) is 66.5 Å². The van der Waals surface area contributed by atoms with Crippen LogP contribution in [0.5, 0.6) is 0 Å². The first-order valence-electron chi connectivity index (χ1n) is 14.1. The summed E-state index contributed by atoms with van der Waals surface area (Å²) in [6.45, 7) is 9.73. The third-order valence-electron chi connectivity index (χ3n) is 7.53. The Hall–Kier alpha value is -3.42.